The summed E-state index contributed by atoms with van der Waals surface area (Å²) in [5, 5.41) is 3.51. The predicted molar refractivity (Wildman–Crippen MR) is 181 cm³/mol. The number of hydrogen-bond acceptors (Lipinski definition) is 4. The third-order valence-electron chi connectivity index (χ3n) is 7.78. The Balaban J connectivity index is 1.82. The minimum Gasteiger partial charge on any atom is -0.352 e. The summed E-state index contributed by atoms with van der Waals surface area (Å²) in [7, 11) is -4.18. The summed E-state index contributed by atoms with van der Waals surface area (Å²) in [6.07, 6.45) is 0.973. The number of nitrogens with zero attached hydrogens (tertiary/aromatic N) is 2. The summed E-state index contributed by atoms with van der Waals surface area (Å²) in [6, 6.07) is 29.1. The lowest BCUT2D eigenvalue weighted by Gasteiger charge is -2.34. The molecular formula is C36H40ClN3O4S. The van der Waals surface area contributed by atoms with Gasteiger partial charge in [0.25, 0.3) is 10.0 Å². The molecule has 2 amide bonds. The summed E-state index contributed by atoms with van der Waals surface area (Å²) < 4.78 is 29.4. The molecule has 0 aliphatic carbocycles. The van der Waals surface area contributed by atoms with Gasteiger partial charge in [0.05, 0.1) is 10.6 Å². The monoisotopic (exact) mass is 645 g/mol. The maximum atomic E-state index is 14.6. The van der Waals surface area contributed by atoms with Crippen molar-refractivity contribution in [3.05, 3.63) is 130 Å². The Morgan fingerprint density at radius 1 is 0.844 bits per heavy atom. The van der Waals surface area contributed by atoms with Gasteiger partial charge in [0.2, 0.25) is 11.8 Å². The number of amides is 2. The van der Waals surface area contributed by atoms with E-state index >= 15 is 0 Å². The molecule has 4 aromatic carbocycles. The van der Waals surface area contributed by atoms with Crippen molar-refractivity contribution in [3.8, 4) is 0 Å². The van der Waals surface area contributed by atoms with Gasteiger partial charge in [-0.25, -0.2) is 8.42 Å². The number of aryl methyl sites for hydroxylation is 2. The summed E-state index contributed by atoms with van der Waals surface area (Å²) in [6.45, 7) is 7.22. The molecule has 0 aliphatic heterocycles. The van der Waals surface area contributed by atoms with Crippen molar-refractivity contribution < 1.29 is 18.0 Å². The number of nitrogens with one attached hydrogen (secondary N) is 1. The summed E-state index contributed by atoms with van der Waals surface area (Å²) in [5.41, 5.74) is 3.69. The first kappa shape index (κ1) is 33.7. The Hall–Kier alpha value is -4.14. The molecule has 0 saturated carbocycles. The van der Waals surface area contributed by atoms with Crippen LogP contribution in [0.5, 0.6) is 0 Å². The Bertz CT molecular complexity index is 1700. The van der Waals surface area contributed by atoms with Crippen molar-refractivity contribution in [3.63, 3.8) is 0 Å². The summed E-state index contributed by atoms with van der Waals surface area (Å²) >= 11 is 6.23. The van der Waals surface area contributed by atoms with Crippen LogP contribution in [0, 0.1) is 13.8 Å². The van der Waals surface area contributed by atoms with Gasteiger partial charge in [-0.2, -0.15) is 0 Å². The number of hydrogen-bond donors (Lipinski definition) is 1. The Morgan fingerprint density at radius 2 is 1.47 bits per heavy atom. The predicted octanol–water partition coefficient (Wildman–Crippen LogP) is 6.71. The van der Waals surface area contributed by atoms with Crippen LogP contribution < -0.4 is 9.62 Å². The summed E-state index contributed by atoms with van der Waals surface area (Å²) in [5.74, 6) is -0.807. The zero-order valence-electron chi connectivity index (χ0n) is 26.1. The SMILES string of the molecule is CC[C@@H](C)NC(=O)[C@H](Cc1ccccc1)N(Cc1ccc(C)cc1)C(=O)CN(c1ccc(Cl)cc1C)S(=O)(=O)c1ccccc1. The smallest absolute Gasteiger partial charge is 0.264 e. The van der Waals surface area contributed by atoms with E-state index in [4.69, 9.17) is 11.6 Å². The van der Waals surface area contributed by atoms with Gasteiger partial charge in [0.15, 0.2) is 0 Å². The normalized spacial score (nSPS) is 12.6. The fraction of sp³-hybridized carbons (Fsp3) is 0.278. The Labute approximate surface area is 271 Å². The average Bonchev–Trinajstić information content (AvgIpc) is 3.03. The van der Waals surface area contributed by atoms with Gasteiger partial charge in [0.1, 0.15) is 12.6 Å². The van der Waals surface area contributed by atoms with Crippen LogP contribution in [-0.4, -0.2) is 43.8 Å². The molecule has 0 aromatic heterocycles. The molecule has 4 rings (SSSR count). The van der Waals surface area contributed by atoms with Gasteiger partial charge < -0.3 is 10.2 Å². The van der Waals surface area contributed by atoms with E-state index in [1.165, 1.54) is 17.0 Å². The number of sulfonamides is 1. The van der Waals surface area contributed by atoms with E-state index in [0.717, 1.165) is 21.0 Å². The topological polar surface area (TPSA) is 86.8 Å². The first-order chi connectivity index (χ1) is 21.5. The van der Waals surface area contributed by atoms with E-state index in [2.05, 4.69) is 5.32 Å². The molecule has 0 fully saturated rings. The van der Waals surface area contributed by atoms with Crippen LogP contribution in [0.4, 0.5) is 5.69 Å². The second-order valence-electron chi connectivity index (χ2n) is 11.3. The van der Waals surface area contributed by atoms with Crippen LogP contribution in [0.25, 0.3) is 0 Å². The molecular weight excluding hydrogens is 606 g/mol. The number of halogens is 1. The Morgan fingerprint density at radius 3 is 2.07 bits per heavy atom. The van der Waals surface area contributed by atoms with Gasteiger partial charge in [0, 0.05) is 24.0 Å². The molecule has 0 spiro atoms. The highest BCUT2D eigenvalue weighted by Gasteiger charge is 2.35. The van der Waals surface area contributed by atoms with Crippen LogP contribution in [0.15, 0.2) is 108 Å². The van der Waals surface area contributed by atoms with Crippen molar-refractivity contribution in [2.24, 2.45) is 0 Å². The van der Waals surface area contributed by atoms with Crippen LogP contribution in [-0.2, 0) is 32.6 Å². The highest BCUT2D eigenvalue weighted by atomic mass is 35.5. The van der Waals surface area contributed by atoms with Crippen molar-refractivity contribution in [1.82, 2.24) is 10.2 Å². The molecule has 0 unspecified atom stereocenters. The minimum atomic E-state index is -4.18. The van der Waals surface area contributed by atoms with E-state index in [1.54, 1.807) is 43.3 Å². The lowest BCUT2D eigenvalue weighted by Crippen LogP contribution is -2.54. The fourth-order valence-electron chi connectivity index (χ4n) is 5.02. The van der Waals surface area contributed by atoms with Gasteiger partial charge >= 0.3 is 0 Å². The van der Waals surface area contributed by atoms with Crippen LogP contribution in [0.2, 0.25) is 5.02 Å². The van der Waals surface area contributed by atoms with E-state index in [0.29, 0.717) is 22.7 Å². The fourth-order valence-corrected chi connectivity index (χ4v) is 6.74. The van der Waals surface area contributed by atoms with Crippen LogP contribution in [0.1, 0.15) is 42.5 Å². The number of anilines is 1. The minimum absolute atomic E-state index is 0.0487. The maximum absolute atomic E-state index is 14.6. The highest BCUT2D eigenvalue weighted by Crippen LogP contribution is 2.29. The second kappa shape index (κ2) is 15.2. The molecule has 4 aromatic rings. The lowest BCUT2D eigenvalue weighted by molar-refractivity contribution is -0.140. The largest absolute Gasteiger partial charge is 0.352 e. The molecule has 0 radical (unpaired) electrons. The molecule has 0 saturated heterocycles. The molecule has 0 bridgehead atoms. The van der Waals surface area contributed by atoms with E-state index < -0.39 is 28.5 Å². The van der Waals surface area contributed by atoms with Crippen molar-refractivity contribution in [2.45, 2.75) is 64.1 Å². The number of benzene rings is 4. The lowest BCUT2D eigenvalue weighted by atomic mass is 10.0. The van der Waals surface area contributed by atoms with Crippen molar-refractivity contribution in [1.29, 1.82) is 0 Å². The van der Waals surface area contributed by atoms with Gasteiger partial charge in [-0.15, -0.1) is 0 Å². The average molecular weight is 646 g/mol. The number of carbonyl (C=O) groups is 2. The van der Waals surface area contributed by atoms with E-state index in [-0.39, 0.29) is 29.8 Å². The zero-order valence-corrected chi connectivity index (χ0v) is 27.7. The molecule has 1 N–H and O–H groups in total. The van der Waals surface area contributed by atoms with Crippen LogP contribution >= 0.6 is 11.6 Å². The van der Waals surface area contributed by atoms with Gasteiger partial charge in [-0.05, 0) is 74.2 Å². The highest BCUT2D eigenvalue weighted by molar-refractivity contribution is 7.92. The van der Waals surface area contributed by atoms with E-state index in [1.807, 2.05) is 75.4 Å². The molecule has 0 aliphatic rings. The standard InChI is InChI=1S/C36H40ClN3O4S/c1-5-28(4)38-36(42)34(23-29-12-8-6-9-13-29)39(24-30-18-16-26(2)17-19-30)35(41)25-40(33-21-20-31(37)22-27(33)3)45(43,44)32-14-10-7-11-15-32/h6-22,28,34H,5,23-25H2,1-4H3,(H,38,42)/t28-,34+/m1/s1. The molecule has 45 heavy (non-hydrogen) atoms. The first-order valence-corrected chi connectivity index (χ1v) is 16.8. The first-order valence-electron chi connectivity index (χ1n) is 15.0. The van der Waals surface area contributed by atoms with Crippen molar-refractivity contribution >= 4 is 39.1 Å². The van der Waals surface area contributed by atoms with Gasteiger partial charge in [-0.3, -0.25) is 13.9 Å². The van der Waals surface area contributed by atoms with Crippen LogP contribution in [0.3, 0.4) is 0 Å². The molecule has 9 heteroatoms. The second-order valence-corrected chi connectivity index (χ2v) is 13.6. The quantitative estimate of drug-likeness (QED) is 0.175. The summed E-state index contributed by atoms with van der Waals surface area (Å²) in [4.78, 5) is 30.0. The van der Waals surface area contributed by atoms with Crippen molar-refractivity contribution in [2.75, 3.05) is 10.8 Å². The number of carbonyl (C=O) groups excluding carboxylic acids is 2. The molecule has 0 heterocycles. The molecule has 2 atom stereocenters. The van der Waals surface area contributed by atoms with Gasteiger partial charge in [-0.1, -0.05) is 96.9 Å². The number of rotatable bonds is 13. The van der Waals surface area contributed by atoms with E-state index in [9.17, 15) is 18.0 Å². The third kappa shape index (κ3) is 8.74. The third-order valence-corrected chi connectivity index (χ3v) is 9.79. The Kier molecular flexibility index (Phi) is 11.4. The zero-order chi connectivity index (χ0) is 32.6. The molecule has 7 nitrogen and oxygen atoms in total. The molecule has 236 valence electrons. The maximum Gasteiger partial charge on any atom is 0.264 e.